The van der Waals surface area contributed by atoms with Gasteiger partial charge in [0.05, 0.1) is 14.5 Å². The van der Waals surface area contributed by atoms with Crippen molar-refractivity contribution in [3.8, 4) is 17.2 Å². The molecule has 1 heterocycles. The summed E-state index contributed by atoms with van der Waals surface area (Å²) < 4.78 is 11.7. The Balaban J connectivity index is 1.74. The van der Waals surface area contributed by atoms with Crippen molar-refractivity contribution in [1.29, 1.82) is 0 Å². The van der Waals surface area contributed by atoms with Gasteiger partial charge in [-0.25, -0.2) is 0 Å². The Kier molecular flexibility index (Phi) is 4.75. The van der Waals surface area contributed by atoms with Crippen LogP contribution < -0.4 is 10.5 Å². The van der Waals surface area contributed by atoms with Crippen molar-refractivity contribution >= 4 is 45.1 Å². The molecule has 2 N–H and O–H groups in total. The minimum absolute atomic E-state index is 0.0241. The smallest absolute Gasteiger partial charge is 0.313 e. The molecule has 8 heteroatoms. The summed E-state index contributed by atoms with van der Waals surface area (Å²) in [5.41, 5.74) is 7.08. The van der Waals surface area contributed by atoms with E-state index in [-0.39, 0.29) is 6.01 Å². The van der Waals surface area contributed by atoms with Gasteiger partial charge < -0.3 is 14.9 Å². The highest BCUT2D eigenvalue weighted by molar-refractivity contribution is 9.10. The Morgan fingerprint density at radius 1 is 1.09 bits per heavy atom. The van der Waals surface area contributed by atoms with Crippen LogP contribution in [0.1, 0.15) is 5.56 Å². The Morgan fingerprint density at radius 2 is 1.91 bits per heavy atom. The van der Waals surface area contributed by atoms with Crippen LogP contribution in [-0.4, -0.2) is 10.2 Å². The standard InChI is InChI=1S/C15H10BrCl2N3O2/c16-10-6-9(14-20-21-15(19)23-14)2-4-13(10)22-7-8-1-3-11(17)12(18)5-8/h1-6H,7H2,(H2,19,21). The average Bonchev–Trinajstić information content (AvgIpc) is 2.96. The number of aromatic nitrogens is 2. The zero-order valence-corrected chi connectivity index (χ0v) is 14.7. The van der Waals surface area contributed by atoms with Gasteiger partial charge in [0.25, 0.3) is 0 Å². The number of hydrogen-bond acceptors (Lipinski definition) is 5. The molecule has 0 unspecified atom stereocenters. The van der Waals surface area contributed by atoms with Crippen molar-refractivity contribution in [2.45, 2.75) is 6.61 Å². The normalized spacial score (nSPS) is 10.7. The number of nitrogens with two attached hydrogens (primary N) is 1. The van der Waals surface area contributed by atoms with Gasteiger partial charge in [-0.3, -0.25) is 0 Å². The molecule has 0 atom stereocenters. The highest BCUT2D eigenvalue weighted by Gasteiger charge is 2.10. The van der Waals surface area contributed by atoms with Crippen molar-refractivity contribution in [2.24, 2.45) is 0 Å². The molecule has 0 aliphatic heterocycles. The minimum Gasteiger partial charge on any atom is -0.488 e. The molecule has 1 aromatic heterocycles. The molecule has 3 aromatic rings. The Morgan fingerprint density at radius 3 is 2.57 bits per heavy atom. The lowest BCUT2D eigenvalue weighted by Crippen LogP contribution is -1.96. The number of ether oxygens (including phenoxy) is 1. The van der Waals surface area contributed by atoms with Gasteiger partial charge in [-0.15, -0.1) is 5.10 Å². The molecule has 5 nitrogen and oxygen atoms in total. The molecule has 0 saturated carbocycles. The van der Waals surface area contributed by atoms with E-state index in [9.17, 15) is 0 Å². The maximum atomic E-state index is 5.99. The molecule has 118 valence electrons. The summed E-state index contributed by atoms with van der Waals surface area (Å²) in [4.78, 5) is 0. The van der Waals surface area contributed by atoms with Crippen LogP contribution in [-0.2, 0) is 6.61 Å². The lowest BCUT2D eigenvalue weighted by atomic mass is 10.2. The minimum atomic E-state index is 0.0241. The fraction of sp³-hybridized carbons (Fsp3) is 0.0667. The molecule has 0 amide bonds. The van der Waals surface area contributed by atoms with Gasteiger partial charge in [0.2, 0.25) is 5.89 Å². The van der Waals surface area contributed by atoms with Crippen molar-refractivity contribution < 1.29 is 9.15 Å². The largest absolute Gasteiger partial charge is 0.488 e. The summed E-state index contributed by atoms with van der Waals surface area (Å²) in [6.07, 6.45) is 0. The Labute approximate surface area is 150 Å². The molecule has 3 rings (SSSR count). The van der Waals surface area contributed by atoms with Gasteiger partial charge >= 0.3 is 6.01 Å². The number of nitrogens with zero attached hydrogens (tertiary/aromatic N) is 2. The molecule has 0 saturated heterocycles. The molecule has 0 spiro atoms. The fourth-order valence-corrected chi connectivity index (χ4v) is 2.71. The number of nitrogen functional groups attached to an aromatic ring is 1. The van der Waals surface area contributed by atoms with Gasteiger partial charge in [-0.05, 0) is 51.8 Å². The second-order valence-electron chi connectivity index (χ2n) is 4.63. The SMILES string of the molecule is Nc1nnc(-c2ccc(OCc3ccc(Cl)c(Cl)c3)c(Br)c2)o1. The third-order valence-electron chi connectivity index (χ3n) is 3.00. The topological polar surface area (TPSA) is 74.2 Å². The average molecular weight is 415 g/mol. The Bertz CT molecular complexity index is 854. The first-order valence-electron chi connectivity index (χ1n) is 6.48. The van der Waals surface area contributed by atoms with E-state index in [4.69, 9.17) is 38.1 Å². The quantitative estimate of drug-likeness (QED) is 0.652. The zero-order valence-electron chi connectivity index (χ0n) is 11.6. The van der Waals surface area contributed by atoms with Gasteiger partial charge in [0.1, 0.15) is 12.4 Å². The van der Waals surface area contributed by atoms with Crippen LogP contribution in [0.3, 0.4) is 0 Å². The number of rotatable bonds is 4. The number of hydrogen-bond donors (Lipinski definition) is 1. The van der Waals surface area contributed by atoms with Crippen molar-refractivity contribution in [3.63, 3.8) is 0 Å². The van der Waals surface area contributed by atoms with Crippen LogP contribution in [0.4, 0.5) is 6.01 Å². The number of halogens is 3. The van der Waals surface area contributed by atoms with E-state index < -0.39 is 0 Å². The van der Waals surface area contributed by atoms with Gasteiger partial charge in [0, 0.05) is 5.56 Å². The van der Waals surface area contributed by atoms with Gasteiger partial charge in [0.15, 0.2) is 0 Å². The second-order valence-corrected chi connectivity index (χ2v) is 6.30. The summed E-state index contributed by atoms with van der Waals surface area (Å²) in [7, 11) is 0. The lowest BCUT2D eigenvalue weighted by molar-refractivity contribution is 0.304. The first-order chi connectivity index (χ1) is 11.0. The second kappa shape index (κ2) is 6.78. The van der Waals surface area contributed by atoms with Crippen LogP contribution in [0.5, 0.6) is 5.75 Å². The molecule has 23 heavy (non-hydrogen) atoms. The molecule has 0 aliphatic carbocycles. The molecule has 0 bridgehead atoms. The van der Waals surface area contributed by atoms with Gasteiger partial charge in [-0.1, -0.05) is 34.4 Å². The van der Waals surface area contributed by atoms with Crippen LogP contribution in [0.25, 0.3) is 11.5 Å². The van der Waals surface area contributed by atoms with E-state index in [1.54, 1.807) is 18.2 Å². The molecule has 2 aromatic carbocycles. The predicted molar refractivity (Wildman–Crippen MR) is 92.6 cm³/mol. The summed E-state index contributed by atoms with van der Waals surface area (Å²) in [6.45, 7) is 0.363. The number of benzene rings is 2. The monoisotopic (exact) mass is 413 g/mol. The first-order valence-corrected chi connectivity index (χ1v) is 8.03. The summed E-state index contributed by atoms with van der Waals surface area (Å²) in [5.74, 6) is 1.02. The van der Waals surface area contributed by atoms with Crippen LogP contribution in [0.15, 0.2) is 45.3 Å². The third kappa shape index (κ3) is 3.77. The van der Waals surface area contributed by atoms with Crippen molar-refractivity contribution in [3.05, 3.63) is 56.5 Å². The molecule has 0 aliphatic rings. The maximum absolute atomic E-state index is 5.99. The summed E-state index contributed by atoms with van der Waals surface area (Å²) >= 11 is 15.3. The van der Waals surface area contributed by atoms with Crippen LogP contribution in [0.2, 0.25) is 10.0 Å². The van der Waals surface area contributed by atoms with E-state index in [1.807, 2.05) is 18.2 Å². The Hall–Kier alpha value is -1.76. The van der Waals surface area contributed by atoms with E-state index in [2.05, 4.69) is 26.1 Å². The van der Waals surface area contributed by atoms with Crippen LogP contribution in [0, 0.1) is 0 Å². The van der Waals surface area contributed by atoms with Crippen molar-refractivity contribution in [1.82, 2.24) is 10.2 Å². The molecular weight excluding hydrogens is 405 g/mol. The van der Waals surface area contributed by atoms with E-state index in [0.29, 0.717) is 28.3 Å². The van der Waals surface area contributed by atoms with E-state index in [1.165, 1.54) is 0 Å². The third-order valence-corrected chi connectivity index (χ3v) is 4.36. The fourth-order valence-electron chi connectivity index (χ4n) is 1.89. The molecule has 0 radical (unpaired) electrons. The zero-order chi connectivity index (χ0) is 16.4. The maximum Gasteiger partial charge on any atom is 0.313 e. The van der Waals surface area contributed by atoms with E-state index >= 15 is 0 Å². The van der Waals surface area contributed by atoms with Gasteiger partial charge in [-0.2, -0.15) is 0 Å². The van der Waals surface area contributed by atoms with E-state index in [0.717, 1.165) is 15.6 Å². The van der Waals surface area contributed by atoms with Crippen molar-refractivity contribution in [2.75, 3.05) is 5.73 Å². The number of anilines is 1. The highest BCUT2D eigenvalue weighted by Crippen LogP contribution is 2.31. The summed E-state index contributed by atoms with van der Waals surface area (Å²) in [6, 6.07) is 10.8. The summed E-state index contributed by atoms with van der Waals surface area (Å²) in [5, 5.41) is 8.48. The predicted octanol–water partition coefficient (Wildman–Crippen LogP) is 4.97. The molecule has 0 fully saturated rings. The molecular formula is C15H10BrCl2N3O2. The highest BCUT2D eigenvalue weighted by atomic mass is 79.9. The first kappa shape index (κ1) is 16.1. The van der Waals surface area contributed by atoms with Crippen LogP contribution >= 0.6 is 39.1 Å². The lowest BCUT2D eigenvalue weighted by Gasteiger charge is -2.09.